The fraction of sp³-hybridized carbons (Fsp3) is 0.861. The fourth-order valence-electron chi connectivity index (χ4n) is 5.16. The largest absolute Gasteiger partial charge is 0.356 e. The minimum atomic E-state index is -0.481. The number of carbonyl (C=O) groups is 3. The SMILES string of the molecule is CCCCCCCCC=CCCCCCCCC(=O)NC(CCCCN)C(=O)NCCCNCCCCNCCCNC(C)=O. The van der Waals surface area contributed by atoms with Crippen LogP contribution in [0.3, 0.4) is 0 Å². The lowest BCUT2D eigenvalue weighted by atomic mass is 10.1. The molecular weight excluding hydrogens is 564 g/mol. The van der Waals surface area contributed by atoms with Crippen molar-refractivity contribution in [3.8, 4) is 0 Å². The van der Waals surface area contributed by atoms with Gasteiger partial charge in [-0.15, -0.1) is 0 Å². The van der Waals surface area contributed by atoms with E-state index in [4.69, 9.17) is 5.73 Å². The predicted octanol–water partition coefficient (Wildman–Crippen LogP) is 5.63. The van der Waals surface area contributed by atoms with Gasteiger partial charge in [-0.05, 0) is 110 Å². The van der Waals surface area contributed by atoms with E-state index < -0.39 is 6.04 Å². The predicted molar refractivity (Wildman–Crippen MR) is 190 cm³/mol. The Labute approximate surface area is 276 Å². The Bertz CT molecular complexity index is 719. The molecule has 0 fully saturated rings. The summed E-state index contributed by atoms with van der Waals surface area (Å²) in [5.74, 6) is -0.0899. The number of unbranched alkanes of at least 4 members (excludes halogenated alkanes) is 13. The van der Waals surface area contributed by atoms with Gasteiger partial charge in [-0.3, -0.25) is 14.4 Å². The molecule has 0 heterocycles. The van der Waals surface area contributed by atoms with Gasteiger partial charge in [0.2, 0.25) is 17.7 Å². The summed E-state index contributed by atoms with van der Waals surface area (Å²) in [5, 5.41) is 15.6. The molecule has 0 aromatic carbocycles. The van der Waals surface area contributed by atoms with Gasteiger partial charge in [0.1, 0.15) is 6.04 Å². The van der Waals surface area contributed by atoms with Crippen LogP contribution in [0, 0.1) is 0 Å². The molecule has 0 aliphatic rings. The Morgan fingerprint density at radius 2 is 1.13 bits per heavy atom. The van der Waals surface area contributed by atoms with Crippen LogP contribution in [0.25, 0.3) is 0 Å². The fourth-order valence-corrected chi connectivity index (χ4v) is 5.16. The minimum Gasteiger partial charge on any atom is -0.356 e. The molecule has 0 rings (SSSR count). The average Bonchev–Trinajstić information content (AvgIpc) is 3.02. The first kappa shape index (κ1) is 43.0. The molecule has 0 radical (unpaired) electrons. The van der Waals surface area contributed by atoms with Gasteiger partial charge in [0.25, 0.3) is 0 Å². The minimum absolute atomic E-state index is 0.0223. The first-order valence-corrected chi connectivity index (χ1v) is 18.6. The van der Waals surface area contributed by atoms with Gasteiger partial charge < -0.3 is 32.3 Å². The Balaban J connectivity index is 3.86. The highest BCUT2D eigenvalue weighted by Gasteiger charge is 2.19. The number of allylic oxidation sites excluding steroid dienone is 2. The highest BCUT2D eigenvalue weighted by Crippen LogP contribution is 2.10. The zero-order valence-corrected chi connectivity index (χ0v) is 29.3. The van der Waals surface area contributed by atoms with E-state index >= 15 is 0 Å². The number of carbonyl (C=O) groups excluding carboxylic acids is 3. The molecular formula is C36H72N6O3. The number of hydrogen-bond donors (Lipinski definition) is 6. The summed E-state index contributed by atoms with van der Waals surface area (Å²) in [6.45, 7) is 9.41. The second-order valence-electron chi connectivity index (χ2n) is 12.4. The van der Waals surface area contributed by atoms with Gasteiger partial charge in [-0.1, -0.05) is 70.4 Å². The zero-order chi connectivity index (χ0) is 33.1. The monoisotopic (exact) mass is 637 g/mol. The zero-order valence-electron chi connectivity index (χ0n) is 29.3. The molecule has 0 saturated heterocycles. The van der Waals surface area contributed by atoms with Gasteiger partial charge in [0.15, 0.2) is 0 Å². The van der Waals surface area contributed by atoms with Crippen LogP contribution in [0.1, 0.15) is 149 Å². The molecule has 0 saturated carbocycles. The van der Waals surface area contributed by atoms with Crippen molar-refractivity contribution in [2.75, 3.05) is 45.8 Å². The summed E-state index contributed by atoms with van der Waals surface area (Å²) < 4.78 is 0. The molecule has 7 N–H and O–H groups in total. The first-order chi connectivity index (χ1) is 22.0. The van der Waals surface area contributed by atoms with Gasteiger partial charge in [-0.25, -0.2) is 0 Å². The third-order valence-corrected chi connectivity index (χ3v) is 7.96. The van der Waals surface area contributed by atoms with E-state index in [1.54, 1.807) is 0 Å². The highest BCUT2D eigenvalue weighted by atomic mass is 16.2. The second-order valence-corrected chi connectivity index (χ2v) is 12.4. The third-order valence-electron chi connectivity index (χ3n) is 7.96. The van der Waals surface area contributed by atoms with Crippen LogP contribution in [-0.2, 0) is 14.4 Å². The van der Waals surface area contributed by atoms with Crippen molar-refractivity contribution in [1.82, 2.24) is 26.6 Å². The number of rotatable bonds is 34. The molecule has 0 aliphatic heterocycles. The second kappa shape index (κ2) is 34.9. The number of nitrogens with two attached hydrogens (primary N) is 1. The maximum Gasteiger partial charge on any atom is 0.242 e. The molecule has 9 nitrogen and oxygen atoms in total. The van der Waals surface area contributed by atoms with Crippen molar-refractivity contribution in [1.29, 1.82) is 0 Å². The summed E-state index contributed by atoms with van der Waals surface area (Å²) in [7, 11) is 0. The maximum atomic E-state index is 12.8. The maximum absolute atomic E-state index is 12.8. The smallest absolute Gasteiger partial charge is 0.242 e. The lowest BCUT2D eigenvalue weighted by Crippen LogP contribution is -2.47. The van der Waals surface area contributed by atoms with Crippen molar-refractivity contribution >= 4 is 17.7 Å². The van der Waals surface area contributed by atoms with Crippen molar-refractivity contribution in [3.63, 3.8) is 0 Å². The van der Waals surface area contributed by atoms with E-state index in [0.29, 0.717) is 25.9 Å². The normalized spacial score (nSPS) is 12.0. The number of nitrogens with one attached hydrogen (secondary N) is 5. The standard InChI is InChI=1S/C36H72N6O3/c1-3-4-5-6-7-8-9-10-11-12-13-14-15-16-17-25-35(44)42-34(24-18-19-26-37)36(45)41-32-23-30-39-28-21-20-27-38-29-22-31-40-33(2)43/h10-11,34,38-39H,3-9,12-32,37H2,1-2H3,(H,40,43)(H,41,45)(H,42,44). The summed E-state index contributed by atoms with van der Waals surface area (Å²) in [4.78, 5) is 36.2. The first-order valence-electron chi connectivity index (χ1n) is 18.6. The molecule has 1 unspecified atom stereocenters. The molecule has 1 atom stereocenters. The topological polar surface area (TPSA) is 137 Å². The van der Waals surface area contributed by atoms with Gasteiger partial charge in [0, 0.05) is 26.4 Å². The average molecular weight is 637 g/mol. The van der Waals surface area contributed by atoms with E-state index in [2.05, 4.69) is 45.7 Å². The van der Waals surface area contributed by atoms with Crippen LogP contribution in [0.2, 0.25) is 0 Å². The summed E-state index contributed by atoms with van der Waals surface area (Å²) in [6, 6.07) is -0.481. The number of hydrogen-bond acceptors (Lipinski definition) is 6. The van der Waals surface area contributed by atoms with E-state index in [1.165, 1.54) is 64.7 Å². The van der Waals surface area contributed by atoms with E-state index in [1.807, 2.05) is 0 Å². The van der Waals surface area contributed by atoms with E-state index in [-0.39, 0.29) is 17.7 Å². The van der Waals surface area contributed by atoms with Crippen molar-refractivity contribution < 1.29 is 14.4 Å². The van der Waals surface area contributed by atoms with E-state index in [0.717, 1.165) is 96.9 Å². The van der Waals surface area contributed by atoms with E-state index in [9.17, 15) is 14.4 Å². The molecule has 0 aliphatic carbocycles. The van der Waals surface area contributed by atoms with Crippen molar-refractivity contribution in [3.05, 3.63) is 12.2 Å². The van der Waals surface area contributed by atoms with Crippen LogP contribution >= 0.6 is 0 Å². The van der Waals surface area contributed by atoms with Crippen LogP contribution in [0.15, 0.2) is 12.2 Å². The van der Waals surface area contributed by atoms with Crippen molar-refractivity contribution in [2.45, 2.75) is 155 Å². The quantitative estimate of drug-likeness (QED) is 0.0400. The Hall–Kier alpha value is -1.97. The lowest BCUT2D eigenvalue weighted by Gasteiger charge is -2.18. The van der Waals surface area contributed by atoms with Gasteiger partial charge in [0.05, 0.1) is 0 Å². The summed E-state index contributed by atoms with van der Waals surface area (Å²) >= 11 is 0. The van der Waals surface area contributed by atoms with Crippen LogP contribution < -0.4 is 32.3 Å². The molecule has 9 heteroatoms. The molecule has 0 aromatic rings. The lowest BCUT2D eigenvalue weighted by molar-refractivity contribution is -0.129. The molecule has 0 bridgehead atoms. The molecule has 45 heavy (non-hydrogen) atoms. The molecule has 264 valence electrons. The van der Waals surface area contributed by atoms with Crippen LogP contribution in [-0.4, -0.2) is 69.6 Å². The Morgan fingerprint density at radius 3 is 1.71 bits per heavy atom. The summed E-state index contributed by atoms with van der Waals surface area (Å²) in [5.41, 5.74) is 5.65. The molecule has 0 aromatic heterocycles. The van der Waals surface area contributed by atoms with Gasteiger partial charge >= 0.3 is 0 Å². The highest BCUT2D eigenvalue weighted by molar-refractivity contribution is 5.87. The Morgan fingerprint density at radius 1 is 0.600 bits per heavy atom. The number of amides is 3. The molecule has 0 spiro atoms. The Kier molecular flexibility index (Phi) is 33.4. The van der Waals surface area contributed by atoms with Crippen LogP contribution in [0.5, 0.6) is 0 Å². The van der Waals surface area contributed by atoms with Crippen molar-refractivity contribution in [2.24, 2.45) is 5.73 Å². The molecule has 3 amide bonds. The van der Waals surface area contributed by atoms with Crippen LogP contribution in [0.4, 0.5) is 0 Å². The third kappa shape index (κ3) is 33.2. The summed E-state index contributed by atoms with van der Waals surface area (Å²) in [6.07, 6.45) is 27.5. The van der Waals surface area contributed by atoms with Gasteiger partial charge in [-0.2, -0.15) is 0 Å².